The van der Waals surface area contributed by atoms with Crippen LogP contribution in [-0.4, -0.2) is 21.2 Å². The molecule has 0 saturated carbocycles. The van der Waals surface area contributed by atoms with E-state index in [1.165, 1.54) is 17.2 Å². The molecule has 0 aliphatic rings. The van der Waals surface area contributed by atoms with Crippen LogP contribution in [0.5, 0.6) is 0 Å². The minimum absolute atomic E-state index is 0.497. The van der Waals surface area contributed by atoms with Gasteiger partial charge in [0.1, 0.15) is 12.1 Å². The Balaban J connectivity index is 1.43. The van der Waals surface area contributed by atoms with Crippen molar-refractivity contribution in [3.05, 3.63) is 107 Å². The summed E-state index contributed by atoms with van der Waals surface area (Å²) in [4.78, 5) is 24.8. The molecule has 3 aromatic carbocycles. The number of nitrogens with one attached hydrogen (secondary N) is 2. The average molecular weight is 492 g/mol. The van der Waals surface area contributed by atoms with Crippen LogP contribution in [0.2, 0.25) is 0 Å². The molecule has 6 nitrogen and oxygen atoms in total. The summed E-state index contributed by atoms with van der Waals surface area (Å²) in [6, 6.07) is 26.3. The number of anilines is 4. The first-order valence-corrected chi connectivity index (χ1v) is 12.6. The van der Waals surface area contributed by atoms with Gasteiger partial charge in [0.15, 0.2) is 5.13 Å². The summed E-state index contributed by atoms with van der Waals surface area (Å²) in [6.45, 7) is 2.15. The third-order valence-corrected chi connectivity index (χ3v) is 6.57. The van der Waals surface area contributed by atoms with Crippen molar-refractivity contribution in [1.29, 1.82) is 0 Å². The Morgan fingerprint density at radius 1 is 0.861 bits per heavy atom. The molecule has 0 bridgehead atoms. The van der Waals surface area contributed by atoms with E-state index in [0.29, 0.717) is 18.2 Å². The van der Waals surface area contributed by atoms with Crippen molar-refractivity contribution in [3.8, 4) is 0 Å². The third kappa shape index (κ3) is 5.82. The number of nitrogens with zero attached hydrogens (tertiary/aromatic N) is 3. The van der Waals surface area contributed by atoms with Gasteiger partial charge in [0.05, 0.1) is 15.9 Å². The Hall–Kier alpha value is -4.36. The van der Waals surface area contributed by atoms with E-state index in [2.05, 4.69) is 47.9 Å². The number of carbonyl (C=O) groups excluding carboxylic acids is 1. The maximum Gasteiger partial charge on any atom is 0.229 e. The fraction of sp³-hybridized carbons (Fsp3) is 0.103. The molecule has 36 heavy (non-hydrogen) atoms. The predicted molar refractivity (Wildman–Crippen MR) is 148 cm³/mol. The van der Waals surface area contributed by atoms with Crippen LogP contribution in [0.15, 0.2) is 84.9 Å². The molecule has 0 amide bonds. The van der Waals surface area contributed by atoms with Crippen molar-refractivity contribution in [2.24, 2.45) is 0 Å². The third-order valence-electron chi connectivity index (χ3n) is 5.64. The van der Waals surface area contributed by atoms with Gasteiger partial charge >= 0.3 is 0 Å². The van der Waals surface area contributed by atoms with Crippen molar-refractivity contribution in [2.45, 2.75) is 19.8 Å². The number of benzene rings is 3. The maximum atomic E-state index is 10.6. The summed E-state index contributed by atoms with van der Waals surface area (Å²) in [5.41, 5.74) is 6.13. The Kier molecular flexibility index (Phi) is 7.10. The highest BCUT2D eigenvalue weighted by atomic mass is 32.1. The van der Waals surface area contributed by atoms with Gasteiger partial charge in [-0.25, -0.2) is 9.97 Å². The van der Waals surface area contributed by atoms with Gasteiger partial charge in [-0.2, -0.15) is 4.98 Å². The van der Waals surface area contributed by atoms with E-state index in [1.54, 1.807) is 17.4 Å². The molecule has 0 saturated heterocycles. The monoisotopic (exact) mass is 491 g/mol. The lowest BCUT2D eigenvalue weighted by Crippen LogP contribution is -2.04. The quantitative estimate of drug-likeness (QED) is 0.172. The van der Waals surface area contributed by atoms with Gasteiger partial charge in [0.2, 0.25) is 5.95 Å². The number of carbonyl (C=O) groups is 1. The highest BCUT2D eigenvalue weighted by molar-refractivity contribution is 7.22. The molecular formula is C29H25N5OS. The van der Waals surface area contributed by atoms with E-state index in [9.17, 15) is 4.79 Å². The number of rotatable bonds is 9. The van der Waals surface area contributed by atoms with Gasteiger partial charge in [0.25, 0.3) is 0 Å². The van der Waals surface area contributed by atoms with Crippen molar-refractivity contribution >= 4 is 56.5 Å². The number of aromatic nitrogens is 3. The minimum atomic E-state index is 0.497. The Morgan fingerprint density at radius 3 is 2.47 bits per heavy atom. The smallest absolute Gasteiger partial charge is 0.229 e. The molecule has 5 rings (SSSR count). The van der Waals surface area contributed by atoms with Gasteiger partial charge < -0.3 is 10.6 Å². The van der Waals surface area contributed by atoms with Crippen LogP contribution < -0.4 is 10.6 Å². The molecule has 178 valence electrons. The summed E-state index contributed by atoms with van der Waals surface area (Å²) in [5.74, 6) is 1.18. The van der Waals surface area contributed by atoms with Crippen LogP contribution in [-0.2, 0) is 17.6 Å². The first-order valence-electron chi connectivity index (χ1n) is 11.8. The second-order valence-corrected chi connectivity index (χ2v) is 9.30. The number of hydrogen-bond donors (Lipinski definition) is 2. The highest BCUT2D eigenvalue weighted by Crippen LogP contribution is 2.29. The molecular weight excluding hydrogens is 466 g/mol. The van der Waals surface area contributed by atoms with Gasteiger partial charge in [0, 0.05) is 18.2 Å². The molecule has 2 aromatic heterocycles. The standard InChI is InChI=1S/C29H25N5OS/c1-2-20-12-15-25-26(18-20)36-29(32-25)34-27-19-24(17-22-7-4-3-5-8-22)31-28(33-27)30-23-13-10-21(11-14-23)9-6-16-35/h3-16,18-19H,2,17H2,1H3,(H2,30,31,32,33,34)/b9-6+. The molecule has 2 heterocycles. The van der Waals surface area contributed by atoms with Crippen LogP contribution in [0.1, 0.15) is 29.3 Å². The van der Waals surface area contributed by atoms with Gasteiger partial charge in [-0.15, -0.1) is 0 Å². The largest absolute Gasteiger partial charge is 0.324 e. The summed E-state index contributed by atoms with van der Waals surface area (Å²) < 4.78 is 1.15. The lowest BCUT2D eigenvalue weighted by atomic mass is 10.1. The molecule has 0 unspecified atom stereocenters. The topological polar surface area (TPSA) is 79.8 Å². The molecule has 0 aliphatic carbocycles. The molecule has 5 aromatic rings. The number of allylic oxidation sites excluding steroid dienone is 1. The fourth-order valence-electron chi connectivity index (χ4n) is 3.82. The Labute approximate surface area is 213 Å². The minimum Gasteiger partial charge on any atom is -0.324 e. The van der Waals surface area contributed by atoms with Gasteiger partial charge in [-0.3, -0.25) is 4.79 Å². The highest BCUT2D eigenvalue weighted by Gasteiger charge is 2.10. The Bertz CT molecular complexity index is 1510. The van der Waals surface area contributed by atoms with Crippen LogP contribution in [0, 0.1) is 0 Å². The molecule has 0 atom stereocenters. The zero-order valence-electron chi connectivity index (χ0n) is 19.8. The summed E-state index contributed by atoms with van der Waals surface area (Å²) in [5, 5.41) is 7.49. The average Bonchev–Trinajstić information content (AvgIpc) is 3.30. The van der Waals surface area contributed by atoms with Gasteiger partial charge in [-0.05, 0) is 53.5 Å². The predicted octanol–water partition coefficient (Wildman–Crippen LogP) is 6.94. The second-order valence-electron chi connectivity index (χ2n) is 8.27. The van der Waals surface area contributed by atoms with Gasteiger partial charge in [-0.1, -0.05) is 72.9 Å². The lowest BCUT2D eigenvalue weighted by molar-refractivity contribution is -0.104. The summed E-state index contributed by atoms with van der Waals surface area (Å²) >= 11 is 1.62. The van der Waals surface area contributed by atoms with E-state index in [4.69, 9.17) is 15.0 Å². The zero-order chi connectivity index (χ0) is 24.7. The number of fused-ring (bicyclic) bond motifs is 1. The van der Waals surface area contributed by atoms with Crippen molar-refractivity contribution < 1.29 is 4.79 Å². The number of thiazole rings is 1. The molecule has 0 spiro atoms. The SMILES string of the molecule is CCc1ccc2nc(Nc3cc(Cc4ccccc4)nc(Nc4ccc(/C=C/C=O)cc4)n3)sc2c1. The van der Waals surface area contributed by atoms with Crippen molar-refractivity contribution in [2.75, 3.05) is 10.6 Å². The van der Waals surface area contributed by atoms with Crippen LogP contribution in [0.25, 0.3) is 16.3 Å². The fourth-order valence-corrected chi connectivity index (χ4v) is 4.76. The van der Waals surface area contributed by atoms with Crippen LogP contribution in [0.4, 0.5) is 22.6 Å². The van der Waals surface area contributed by atoms with Crippen LogP contribution >= 0.6 is 11.3 Å². The lowest BCUT2D eigenvalue weighted by Gasteiger charge is -2.11. The van der Waals surface area contributed by atoms with E-state index >= 15 is 0 Å². The maximum absolute atomic E-state index is 10.6. The molecule has 0 radical (unpaired) electrons. The number of aryl methyl sites for hydroxylation is 1. The summed E-state index contributed by atoms with van der Waals surface area (Å²) in [7, 11) is 0. The molecule has 0 aliphatic heterocycles. The van der Waals surface area contributed by atoms with Crippen molar-refractivity contribution in [1.82, 2.24) is 15.0 Å². The van der Waals surface area contributed by atoms with Crippen molar-refractivity contribution in [3.63, 3.8) is 0 Å². The van der Waals surface area contributed by atoms with E-state index in [-0.39, 0.29) is 0 Å². The van der Waals surface area contributed by atoms with E-state index in [0.717, 1.165) is 45.0 Å². The normalized spacial score (nSPS) is 11.1. The molecule has 0 fully saturated rings. The molecule has 7 heteroatoms. The summed E-state index contributed by atoms with van der Waals surface area (Å²) in [6.07, 6.45) is 5.68. The Morgan fingerprint density at radius 2 is 1.69 bits per heavy atom. The molecule has 2 N–H and O–H groups in total. The zero-order valence-corrected chi connectivity index (χ0v) is 20.6. The second kappa shape index (κ2) is 10.9. The first-order chi connectivity index (χ1) is 17.7. The van der Waals surface area contributed by atoms with Crippen LogP contribution in [0.3, 0.4) is 0 Å². The van der Waals surface area contributed by atoms with E-state index in [1.807, 2.05) is 48.5 Å². The van der Waals surface area contributed by atoms with E-state index < -0.39 is 0 Å². The first kappa shape index (κ1) is 23.4. The number of hydrogen-bond acceptors (Lipinski definition) is 7. The number of aldehydes is 1.